The standard InChI is InChI=1S/C7H11NO/c1-3-5-6(8)7(9)4-2/h2,6H,3,5,8H2,1H3. The first kappa shape index (κ1) is 8.19. The third-order valence-electron chi connectivity index (χ3n) is 1.08. The van der Waals surface area contributed by atoms with Crippen molar-refractivity contribution in [3.8, 4) is 12.3 Å². The summed E-state index contributed by atoms with van der Waals surface area (Å²) in [4.78, 5) is 10.5. The molecule has 0 radical (unpaired) electrons. The predicted octanol–water partition coefficient (Wildman–Crippen LogP) is 0.316. The summed E-state index contributed by atoms with van der Waals surface area (Å²) >= 11 is 0. The van der Waals surface area contributed by atoms with Gasteiger partial charge in [-0.3, -0.25) is 4.79 Å². The number of terminal acetylenes is 1. The van der Waals surface area contributed by atoms with E-state index in [1.54, 1.807) is 0 Å². The van der Waals surface area contributed by atoms with E-state index in [4.69, 9.17) is 12.2 Å². The zero-order chi connectivity index (χ0) is 7.28. The van der Waals surface area contributed by atoms with Crippen molar-refractivity contribution in [1.29, 1.82) is 0 Å². The fourth-order valence-corrected chi connectivity index (χ4v) is 0.549. The quantitative estimate of drug-likeness (QED) is 0.436. The lowest BCUT2D eigenvalue weighted by Gasteiger charge is -2.01. The molecular weight excluding hydrogens is 114 g/mol. The maximum atomic E-state index is 10.5. The molecule has 0 aromatic rings. The molecule has 1 atom stereocenters. The van der Waals surface area contributed by atoms with Gasteiger partial charge in [0.1, 0.15) is 0 Å². The monoisotopic (exact) mass is 125 g/mol. The third kappa shape index (κ3) is 2.89. The van der Waals surface area contributed by atoms with E-state index < -0.39 is 6.04 Å². The lowest BCUT2D eigenvalue weighted by Crippen LogP contribution is -2.28. The summed E-state index contributed by atoms with van der Waals surface area (Å²) in [5.41, 5.74) is 5.35. The summed E-state index contributed by atoms with van der Waals surface area (Å²) in [5.74, 6) is 1.69. The number of hydrogen-bond donors (Lipinski definition) is 1. The van der Waals surface area contributed by atoms with Gasteiger partial charge in [-0.05, 0) is 12.3 Å². The van der Waals surface area contributed by atoms with E-state index in [-0.39, 0.29) is 5.78 Å². The van der Waals surface area contributed by atoms with E-state index >= 15 is 0 Å². The van der Waals surface area contributed by atoms with Crippen molar-refractivity contribution in [2.45, 2.75) is 25.8 Å². The molecule has 1 unspecified atom stereocenters. The Morgan fingerprint density at radius 3 is 2.78 bits per heavy atom. The summed E-state index contributed by atoms with van der Waals surface area (Å²) in [7, 11) is 0. The van der Waals surface area contributed by atoms with Crippen molar-refractivity contribution in [3.63, 3.8) is 0 Å². The molecule has 2 nitrogen and oxygen atoms in total. The molecule has 0 fully saturated rings. The zero-order valence-electron chi connectivity index (χ0n) is 5.55. The topological polar surface area (TPSA) is 43.1 Å². The Labute approximate surface area is 55.4 Å². The molecule has 2 heteroatoms. The minimum Gasteiger partial charge on any atom is -0.321 e. The second-order valence-electron chi connectivity index (χ2n) is 1.90. The number of hydrogen-bond acceptors (Lipinski definition) is 2. The van der Waals surface area contributed by atoms with Crippen LogP contribution in [0.15, 0.2) is 0 Å². The van der Waals surface area contributed by atoms with Crippen molar-refractivity contribution in [3.05, 3.63) is 0 Å². The average molecular weight is 125 g/mol. The van der Waals surface area contributed by atoms with Crippen LogP contribution < -0.4 is 5.73 Å². The molecule has 0 spiro atoms. The number of carbonyl (C=O) groups is 1. The Balaban J connectivity index is 3.62. The normalized spacial score (nSPS) is 12.1. The van der Waals surface area contributed by atoms with Crippen LogP contribution in [-0.2, 0) is 4.79 Å². The van der Waals surface area contributed by atoms with Crippen LogP contribution in [0.1, 0.15) is 19.8 Å². The van der Waals surface area contributed by atoms with Crippen molar-refractivity contribution in [2.75, 3.05) is 0 Å². The molecule has 0 saturated carbocycles. The van der Waals surface area contributed by atoms with Gasteiger partial charge in [-0.15, -0.1) is 6.42 Å². The lowest BCUT2D eigenvalue weighted by atomic mass is 10.1. The van der Waals surface area contributed by atoms with Gasteiger partial charge in [0.15, 0.2) is 0 Å². The Bertz CT molecular complexity index is 134. The first-order valence-corrected chi connectivity index (χ1v) is 2.98. The molecule has 2 N–H and O–H groups in total. The van der Waals surface area contributed by atoms with Crippen LogP contribution in [0, 0.1) is 12.3 Å². The smallest absolute Gasteiger partial charge is 0.221 e. The Morgan fingerprint density at radius 1 is 1.89 bits per heavy atom. The molecular formula is C7H11NO. The van der Waals surface area contributed by atoms with Gasteiger partial charge in [0.2, 0.25) is 5.78 Å². The van der Waals surface area contributed by atoms with Crippen LogP contribution in [0.25, 0.3) is 0 Å². The van der Waals surface area contributed by atoms with Gasteiger partial charge in [0.25, 0.3) is 0 Å². The van der Waals surface area contributed by atoms with E-state index in [0.717, 1.165) is 6.42 Å². The number of rotatable bonds is 3. The van der Waals surface area contributed by atoms with Crippen molar-refractivity contribution >= 4 is 5.78 Å². The molecule has 0 heterocycles. The average Bonchev–Trinajstić information content (AvgIpc) is 1.87. The number of Topliss-reactive ketones (excluding diaryl/α,β-unsaturated/α-hetero) is 1. The Hall–Kier alpha value is -0.810. The van der Waals surface area contributed by atoms with E-state index in [0.29, 0.717) is 6.42 Å². The molecule has 0 saturated heterocycles. The molecule has 0 aliphatic heterocycles. The molecule has 0 aromatic heterocycles. The minimum absolute atomic E-state index is 0.295. The largest absolute Gasteiger partial charge is 0.321 e. The first-order chi connectivity index (χ1) is 4.22. The van der Waals surface area contributed by atoms with Gasteiger partial charge < -0.3 is 5.73 Å². The van der Waals surface area contributed by atoms with Crippen LogP contribution in [0.4, 0.5) is 0 Å². The van der Waals surface area contributed by atoms with Gasteiger partial charge in [-0.1, -0.05) is 13.3 Å². The molecule has 0 aromatic carbocycles. The molecule has 0 aliphatic rings. The van der Waals surface area contributed by atoms with Gasteiger partial charge in [0.05, 0.1) is 6.04 Å². The number of ketones is 1. The second-order valence-corrected chi connectivity index (χ2v) is 1.90. The van der Waals surface area contributed by atoms with Crippen LogP contribution in [0.5, 0.6) is 0 Å². The highest BCUT2D eigenvalue weighted by atomic mass is 16.1. The second kappa shape index (κ2) is 4.11. The van der Waals surface area contributed by atoms with Crippen molar-refractivity contribution in [2.24, 2.45) is 5.73 Å². The van der Waals surface area contributed by atoms with E-state index in [1.165, 1.54) is 0 Å². The molecule has 9 heavy (non-hydrogen) atoms. The highest BCUT2D eigenvalue weighted by molar-refractivity contribution is 5.98. The van der Waals surface area contributed by atoms with E-state index in [1.807, 2.05) is 12.8 Å². The fourth-order valence-electron chi connectivity index (χ4n) is 0.549. The minimum atomic E-state index is -0.444. The van der Waals surface area contributed by atoms with Crippen LogP contribution in [0.3, 0.4) is 0 Å². The van der Waals surface area contributed by atoms with E-state index in [2.05, 4.69) is 0 Å². The Kier molecular flexibility index (Phi) is 3.74. The zero-order valence-corrected chi connectivity index (χ0v) is 5.55. The van der Waals surface area contributed by atoms with Crippen LogP contribution in [-0.4, -0.2) is 11.8 Å². The van der Waals surface area contributed by atoms with Gasteiger partial charge in [0, 0.05) is 0 Å². The summed E-state index contributed by atoms with van der Waals surface area (Å²) in [6, 6.07) is -0.444. The van der Waals surface area contributed by atoms with Crippen molar-refractivity contribution < 1.29 is 4.79 Å². The SMILES string of the molecule is C#CC(=O)C(N)CCC. The molecule has 0 rings (SSSR count). The fraction of sp³-hybridized carbons (Fsp3) is 0.571. The molecule has 0 amide bonds. The summed E-state index contributed by atoms with van der Waals surface area (Å²) in [6.07, 6.45) is 6.40. The maximum absolute atomic E-state index is 10.5. The first-order valence-electron chi connectivity index (χ1n) is 2.98. The molecule has 0 aliphatic carbocycles. The van der Waals surface area contributed by atoms with Crippen molar-refractivity contribution in [1.82, 2.24) is 0 Å². The highest BCUT2D eigenvalue weighted by Crippen LogP contribution is 1.92. The van der Waals surface area contributed by atoms with Gasteiger partial charge >= 0.3 is 0 Å². The van der Waals surface area contributed by atoms with Crippen LogP contribution >= 0.6 is 0 Å². The maximum Gasteiger partial charge on any atom is 0.221 e. The molecule has 50 valence electrons. The number of carbonyl (C=O) groups excluding carboxylic acids is 1. The molecule has 0 bridgehead atoms. The third-order valence-corrected chi connectivity index (χ3v) is 1.08. The summed E-state index contributed by atoms with van der Waals surface area (Å²) < 4.78 is 0. The lowest BCUT2D eigenvalue weighted by molar-refractivity contribution is -0.115. The van der Waals surface area contributed by atoms with Gasteiger partial charge in [-0.25, -0.2) is 0 Å². The van der Waals surface area contributed by atoms with Crippen LogP contribution in [0.2, 0.25) is 0 Å². The summed E-state index contributed by atoms with van der Waals surface area (Å²) in [6.45, 7) is 1.96. The predicted molar refractivity (Wildman–Crippen MR) is 36.7 cm³/mol. The highest BCUT2D eigenvalue weighted by Gasteiger charge is 2.07. The number of nitrogens with two attached hydrogens (primary N) is 1. The van der Waals surface area contributed by atoms with E-state index in [9.17, 15) is 4.79 Å². The van der Waals surface area contributed by atoms with Gasteiger partial charge in [-0.2, -0.15) is 0 Å². The Morgan fingerprint density at radius 2 is 2.44 bits per heavy atom. The summed E-state index contributed by atoms with van der Waals surface area (Å²) in [5, 5.41) is 0.